The lowest BCUT2D eigenvalue weighted by Crippen LogP contribution is -2.09. The van der Waals surface area contributed by atoms with Crippen LogP contribution in [0.4, 0.5) is 4.39 Å². The fraction of sp³-hybridized carbons (Fsp3) is 0.333. The third-order valence-corrected chi connectivity index (χ3v) is 2.13. The van der Waals surface area contributed by atoms with E-state index in [1.807, 2.05) is 6.07 Å². The number of carbonyl (C=O) groups excluding carboxylic acids is 1. The number of ether oxygens (including phenoxy) is 2. The van der Waals surface area contributed by atoms with Crippen molar-refractivity contribution in [2.45, 2.75) is 13.3 Å². The van der Waals surface area contributed by atoms with Crippen LogP contribution in [0.15, 0.2) is 12.1 Å². The summed E-state index contributed by atoms with van der Waals surface area (Å²) in [5, 5.41) is 8.74. The number of hydrogen-bond donors (Lipinski definition) is 0. The van der Waals surface area contributed by atoms with Crippen LogP contribution in [0.5, 0.6) is 5.75 Å². The predicted molar refractivity (Wildman–Crippen MR) is 58.0 cm³/mol. The van der Waals surface area contributed by atoms with Gasteiger partial charge in [0.15, 0.2) is 0 Å². The van der Waals surface area contributed by atoms with Gasteiger partial charge in [-0.15, -0.1) is 0 Å². The maximum absolute atomic E-state index is 13.5. The molecule has 0 unspecified atom stereocenters. The van der Waals surface area contributed by atoms with Gasteiger partial charge in [0.25, 0.3) is 0 Å². The van der Waals surface area contributed by atoms with Gasteiger partial charge in [-0.1, -0.05) is 0 Å². The van der Waals surface area contributed by atoms with Gasteiger partial charge in [0.1, 0.15) is 17.6 Å². The first-order valence-electron chi connectivity index (χ1n) is 5.04. The Labute approximate surface area is 98.6 Å². The molecule has 0 heterocycles. The lowest BCUT2D eigenvalue weighted by molar-refractivity contribution is -0.142. The molecule has 0 aromatic heterocycles. The van der Waals surface area contributed by atoms with Crippen LogP contribution in [0, 0.1) is 17.1 Å². The maximum Gasteiger partial charge on any atom is 0.310 e. The predicted octanol–water partition coefficient (Wildman–Crippen LogP) is 1.81. The molecule has 0 aliphatic carbocycles. The summed E-state index contributed by atoms with van der Waals surface area (Å²) in [5.41, 5.74) is 0.247. The zero-order valence-corrected chi connectivity index (χ0v) is 9.62. The highest BCUT2D eigenvalue weighted by molar-refractivity contribution is 5.73. The van der Waals surface area contributed by atoms with Crippen molar-refractivity contribution in [1.29, 1.82) is 5.26 Å². The number of rotatable bonds is 4. The van der Waals surface area contributed by atoms with E-state index in [2.05, 4.69) is 0 Å². The molecule has 1 aromatic rings. The Kier molecular flexibility index (Phi) is 4.46. The standard InChI is InChI=1S/C12H12FNO3/c1-3-17-12(15)6-8-5-11(16-2)9(7-14)4-10(8)13/h4-5H,3,6H2,1-2H3. The van der Waals surface area contributed by atoms with Crippen molar-refractivity contribution in [1.82, 2.24) is 0 Å². The molecule has 0 N–H and O–H groups in total. The third-order valence-electron chi connectivity index (χ3n) is 2.13. The first-order chi connectivity index (χ1) is 8.12. The molecular formula is C12H12FNO3. The first kappa shape index (κ1) is 13.0. The molecule has 0 spiro atoms. The largest absolute Gasteiger partial charge is 0.495 e. The third kappa shape index (κ3) is 3.18. The lowest BCUT2D eigenvalue weighted by atomic mass is 10.1. The van der Waals surface area contributed by atoms with E-state index in [1.54, 1.807) is 6.92 Å². The fourth-order valence-corrected chi connectivity index (χ4v) is 1.35. The van der Waals surface area contributed by atoms with Crippen LogP contribution in [0.1, 0.15) is 18.1 Å². The lowest BCUT2D eigenvalue weighted by Gasteiger charge is -2.07. The van der Waals surface area contributed by atoms with E-state index in [-0.39, 0.29) is 29.9 Å². The van der Waals surface area contributed by atoms with Crippen LogP contribution in [-0.2, 0) is 16.0 Å². The van der Waals surface area contributed by atoms with Crippen molar-refractivity contribution in [3.63, 3.8) is 0 Å². The Morgan fingerprint density at radius 2 is 2.24 bits per heavy atom. The maximum atomic E-state index is 13.5. The average Bonchev–Trinajstić information content (AvgIpc) is 2.31. The second kappa shape index (κ2) is 5.85. The van der Waals surface area contributed by atoms with E-state index >= 15 is 0 Å². The molecule has 1 aromatic carbocycles. The topological polar surface area (TPSA) is 59.3 Å². The summed E-state index contributed by atoms with van der Waals surface area (Å²) in [6.45, 7) is 1.92. The van der Waals surface area contributed by atoms with Crippen molar-refractivity contribution in [3.05, 3.63) is 29.1 Å². The molecule has 0 saturated carbocycles. The summed E-state index contributed by atoms with van der Waals surface area (Å²) >= 11 is 0. The Hall–Kier alpha value is -2.09. The molecule has 0 radical (unpaired) electrons. The number of hydrogen-bond acceptors (Lipinski definition) is 4. The van der Waals surface area contributed by atoms with E-state index in [0.717, 1.165) is 6.07 Å². The zero-order valence-electron chi connectivity index (χ0n) is 9.62. The van der Waals surface area contributed by atoms with Crippen molar-refractivity contribution in [3.8, 4) is 11.8 Å². The molecule has 4 nitrogen and oxygen atoms in total. The quantitative estimate of drug-likeness (QED) is 0.749. The van der Waals surface area contributed by atoms with Gasteiger partial charge < -0.3 is 9.47 Å². The van der Waals surface area contributed by atoms with E-state index in [0.29, 0.717) is 0 Å². The summed E-state index contributed by atoms with van der Waals surface area (Å²) in [6, 6.07) is 4.20. The van der Waals surface area contributed by atoms with E-state index < -0.39 is 11.8 Å². The van der Waals surface area contributed by atoms with Gasteiger partial charge in [0.05, 0.1) is 25.7 Å². The molecule has 1 rings (SSSR count). The minimum atomic E-state index is -0.615. The summed E-state index contributed by atoms with van der Waals surface area (Å²) in [7, 11) is 1.38. The second-order valence-electron chi connectivity index (χ2n) is 3.24. The summed E-state index contributed by atoms with van der Waals surface area (Å²) in [4.78, 5) is 11.2. The minimum Gasteiger partial charge on any atom is -0.495 e. The molecule has 0 saturated heterocycles. The van der Waals surface area contributed by atoms with Gasteiger partial charge in [0.2, 0.25) is 0 Å². The summed E-state index contributed by atoms with van der Waals surface area (Å²) < 4.78 is 23.2. The molecule has 0 amide bonds. The molecule has 17 heavy (non-hydrogen) atoms. The van der Waals surface area contributed by atoms with Crippen LogP contribution in [0.25, 0.3) is 0 Å². The molecular weight excluding hydrogens is 225 g/mol. The van der Waals surface area contributed by atoms with E-state index in [9.17, 15) is 9.18 Å². The van der Waals surface area contributed by atoms with Gasteiger partial charge in [-0.3, -0.25) is 4.79 Å². The van der Waals surface area contributed by atoms with E-state index in [1.165, 1.54) is 13.2 Å². The van der Waals surface area contributed by atoms with Crippen molar-refractivity contribution in [2.24, 2.45) is 0 Å². The Morgan fingerprint density at radius 3 is 2.76 bits per heavy atom. The van der Waals surface area contributed by atoms with Crippen molar-refractivity contribution < 1.29 is 18.7 Å². The van der Waals surface area contributed by atoms with Crippen LogP contribution < -0.4 is 4.74 Å². The number of halogens is 1. The highest BCUT2D eigenvalue weighted by atomic mass is 19.1. The highest BCUT2D eigenvalue weighted by Crippen LogP contribution is 2.22. The van der Waals surface area contributed by atoms with Crippen molar-refractivity contribution >= 4 is 5.97 Å². The van der Waals surface area contributed by atoms with Crippen molar-refractivity contribution in [2.75, 3.05) is 13.7 Å². The van der Waals surface area contributed by atoms with Gasteiger partial charge in [0, 0.05) is 5.56 Å². The molecule has 0 fully saturated rings. The number of benzene rings is 1. The molecule has 5 heteroatoms. The average molecular weight is 237 g/mol. The van der Waals surface area contributed by atoms with Gasteiger partial charge in [-0.2, -0.15) is 5.26 Å². The number of methoxy groups -OCH3 is 1. The molecule has 0 aliphatic rings. The Morgan fingerprint density at radius 1 is 1.53 bits per heavy atom. The zero-order chi connectivity index (χ0) is 12.8. The van der Waals surface area contributed by atoms with Crippen LogP contribution in [0.3, 0.4) is 0 Å². The fourth-order valence-electron chi connectivity index (χ4n) is 1.35. The van der Waals surface area contributed by atoms with Crippen LogP contribution >= 0.6 is 0 Å². The number of carbonyl (C=O) groups is 1. The number of esters is 1. The van der Waals surface area contributed by atoms with Crippen LogP contribution in [-0.4, -0.2) is 19.7 Å². The Balaban J connectivity index is 3.01. The number of nitriles is 1. The molecule has 0 aliphatic heterocycles. The summed E-state index contributed by atoms with van der Waals surface area (Å²) in [5.74, 6) is -0.887. The summed E-state index contributed by atoms with van der Waals surface area (Å²) in [6.07, 6.45) is -0.179. The van der Waals surface area contributed by atoms with Gasteiger partial charge in [-0.05, 0) is 19.1 Å². The second-order valence-corrected chi connectivity index (χ2v) is 3.24. The molecule has 0 atom stereocenters. The first-order valence-corrected chi connectivity index (χ1v) is 5.04. The smallest absolute Gasteiger partial charge is 0.310 e. The molecule has 90 valence electrons. The molecule has 0 bridgehead atoms. The van der Waals surface area contributed by atoms with Crippen LogP contribution in [0.2, 0.25) is 0 Å². The minimum absolute atomic E-state index is 0.0950. The van der Waals surface area contributed by atoms with Gasteiger partial charge in [-0.25, -0.2) is 4.39 Å². The van der Waals surface area contributed by atoms with Gasteiger partial charge >= 0.3 is 5.97 Å². The Bertz CT molecular complexity index is 466. The number of nitrogens with zero attached hydrogens (tertiary/aromatic N) is 1. The van der Waals surface area contributed by atoms with E-state index in [4.69, 9.17) is 14.7 Å². The highest BCUT2D eigenvalue weighted by Gasteiger charge is 2.13. The monoisotopic (exact) mass is 237 g/mol. The SMILES string of the molecule is CCOC(=O)Cc1cc(OC)c(C#N)cc1F. The normalized spacial score (nSPS) is 9.53.